The number of nitro groups is 1. The van der Waals surface area contributed by atoms with E-state index in [0.29, 0.717) is 36.5 Å². The van der Waals surface area contributed by atoms with E-state index >= 15 is 0 Å². The van der Waals surface area contributed by atoms with E-state index in [2.05, 4.69) is 10.3 Å². The summed E-state index contributed by atoms with van der Waals surface area (Å²) < 4.78 is 0. The summed E-state index contributed by atoms with van der Waals surface area (Å²) >= 11 is 0. The lowest BCUT2D eigenvalue weighted by Crippen LogP contribution is -2.23. The van der Waals surface area contributed by atoms with Crippen molar-refractivity contribution in [1.82, 2.24) is 10.3 Å². The first-order chi connectivity index (χ1) is 7.57. The maximum atomic E-state index is 10.9. The van der Waals surface area contributed by atoms with Gasteiger partial charge in [0.25, 0.3) is 5.69 Å². The molecule has 0 unspecified atom stereocenters. The van der Waals surface area contributed by atoms with Crippen molar-refractivity contribution in [2.24, 2.45) is 5.73 Å². The van der Waals surface area contributed by atoms with E-state index in [0.717, 1.165) is 0 Å². The molecule has 0 aliphatic heterocycles. The second kappa shape index (κ2) is 5.53. The first-order valence-corrected chi connectivity index (χ1v) is 5.08. The molecule has 0 aliphatic carbocycles. The molecule has 0 bridgehead atoms. The van der Waals surface area contributed by atoms with Crippen LogP contribution in [0.3, 0.4) is 0 Å². The van der Waals surface area contributed by atoms with Gasteiger partial charge in [0, 0.05) is 37.0 Å². The fourth-order valence-electron chi connectivity index (χ4n) is 1.53. The van der Waals surface area contributed by atoms with Gasteiger partial charge in [-0.15, -0.1) is 0 Å². The number of aryl methyl sites for hydroxylation is 1. The lowest BCUT2D eigenvalue weighted by atomic mass is 10.1. The Labute approximate surface area is 94.0 Å². The van der Waals surface area contributed by atoms with Crippen LogP contribution in [0.25, 0.3) is 0 Å². The fourth-order valence-corrected chi connectivity index (χ4v) is 1.53. The van der Waals surface area contributed by atoms with Crippen LogP contribution >= 0.6 is 0 Å². The molecule has 6 heteroatoms. The van der Waals surface area contributed by atoms with Crippen LogP contribution in [0, 0.1) is 24.0 Å². The molecule has 0 aliphatic rings. The van der Waals surface area contributed by atoms with Crippen molar-refractivity contribution in [2.45, 2.75) is 20.4 Å². The number of nitrogens with zero attached hydrogens (tertiary/aromatic N) is 2. The highest BCUT2D eigenvalue weighted by molar-refractivity contribution is 5.47. The largest absolute Gasteiger partial charge is 0.329 e. The van der Waals surface area contributed by atoms with Gasteiger partial charge in [-0.2, -0.15) is 0 Å². The van der Waals surface area contributed by atoms with Crippen LogP contribution in [-0.4, -0.2) is 23.0 Å². The molecule has 0 aromatic carbocycles. The lowest BCUT2D eigenvalue weighted by molar-refractivity contribution is -0.386. The smallest absolute Gasteiger partial charge is 0.278 e. The highest BCUT2D eigenvalue weighted by Crippen LogP contribution is 2.23. The molecule has 1 aromatic heterocycles. The summed E-state index contributed by atoms with van der Waals surface area (Å²) in [5.41, 5.74) is 7.40. The van der Waals surface area contributed by atoms with Gasteiger partial charge in [0.2, 0.25) is 0 Å². The topological polar surface area (TPSA) is 94.1 Å². The summed E-state index contributed by atoms with van der Waals surface area (Å²) in [4.78, 5) is 14.7. The quantitative estimate of drug-likeness (QED) is 0.435. The van der Waals surface area contributed by atoms with Crippen molar-refractivity contribution in [3.8, 4) is 0 Å². The molecule has 1 aromatic rings. The number of hydrogen-bond donors (Lipinski definition) is 2. The lowest BCUT2D eigenvalue weighted by Gasteiger charge is -2.07. The predicted molar refractivity (Wildman–Crippen MR) is 61.1 cm³/mol. The molecule has 0 saturated heterocycles. The zero-order chi connectivity index (χ0) is 12.1. The summed E-state index contributed by atoms with van der Waals surface area (Å²) in [6.45, 7) is 5.12. The van der Waals surface area contributed by atoms with Gasteiger partial charge in [0.05, 0.1) is 10.6 Å². The molecular weight excluding hydrogens is 208 g/mol. The first-order valence-electron chi connectivity index (χ1n) is 5.08. The van der Waals surface area contributed by atoms with Gasteiger partial charge in [-0.25, -0.2) is 0 Å². The molecule has 0 radical (unpaired) electrons. The summed E-state index contributed by atoms with van der Waals surface area (Å²) in [5.74, 6) is 0. The van der Waals surface area contributed by atoms with E-state index in [9.17, 15) is 10.1 Å². The molecule has 0 spiro atoms. The Balaban J connectivity index is 2.95. The van der Waals surface area contributed by atoms with Crippen molar-refractivity contribution in [1.29, 1.82) is 0 Å². The predicted octanol–water partition coefficient (Wildman–Crippen LogP) is 0.655. The highest BCUT2D eigenvalue weighted by atomic mass is 16.6. The van der Waals surface area contributed by atoms with Crippen LogP contribution in [0.1, 0.15) is 16.8 Å². The number of aromatic nitrogens is 1. The maximum Gasteiger partial charge on any atom is 0.278 e. The van der Waals surface area contributed by atoms with Gasteiger partial charge < -0.3 is 11.1 Å². The Morgan fingerprint density at radius 2 is 2.25 bits per heavy atom. The van der Waals surface area contributed by atoms with Crippen LogP contribution in [0.2, 0.25) is 0 Å². The van der Waals surface area contributed by atoms with Crippen molar-refractivity contribution in [2.75, 3.05) is 13.1 Å². The molecule has 16 heavy (non-hydrogen) atoms. The Bertz CT molecular complexity index is 393. The molecule has 6 nitrogen and oxygen atoms in total. The Kier molecular flexibility index (Phi) is 4.33. The fraction of sp³-hybridized carbons (Fsp3) is 0.500. The monoisotopic (exact) mass is 224 g/mol. The molecular formula is C10H16N4O2. The third kappa shape index (κ3) is 2.74. The van der Waals surface area contributed by atoms with Crippen LogP contribution in [0.4, 0.5) is 5.69 Å². The number of pyridine rings is 1. The SMILES string of the molecule is Cc1cnc(CNCCN)c(C)c1[N+](=O)[O-]. The summed E-state index contributed by atoms with van der Waals surface area (Å²) in [6.07, 6.45) is 1.53. The number of nitrogens with two attached hydrogens (primary N) is 1. The Morgan fingerprint density at radius 1 is 1.56 bits per heavy atom. The zero-order valence-electron chi connectivity index (χ0n) is 9.49. The minimum atomic E-state index is -0.362. The van der Waals surface area contributed by atoms with Gasteiger partial charge in [-0.05, 0) is 13.8 Å². The summed E-state index contributed by atoms with van der Waals surface area (Å²) in [6, 6.07) is 0. The van der Waals surface area contributed by atoms with Crippen LogP contribution in [0.5, 0.6) is 0 Å². The first kappa shape index (κ1) is 12.5. The minimum Gasteiger partial charge on any atom is -0.329 e. The zero-order valence-corrected chi connectivity index (χ0v) is 9.49. The second-order valence-electron chi connectivity index (χ2n) is 3.58. The maximum absolute atomic E-state index is 10.9. The van der Waals surface area contributed by atoms with Crippen molar-refractivity contribution in [3.05, 3.63) is 33.1 Å². The molecule has 3 N–H and O–H groups in total. The van der Waals surface area contributed by atoms with Gasteiger partial charge in [-0.3, -0.25) is 15.1 Å². The number of hydrogen-bond acceptors (Lipinski definition) is 5. The third-order valence-corrected chi connectivity index (χ3v) is 2.37. The molecule has 0 atom stereocenters. The summed E-state index contributed by atoms with van der Waals surface area (Å²) in [5, 5.41) is 13.9. The van der Waals surface area contributed by atoms with E-state index in [4.69, 9.17) is 5.73 Å². The van der Waals surface area contributed by atoms with Crippen LogP contribution in [-0.2, 0) is 6.54 Å². The van der Waals surface area contributed by atoms with Gasteiger partial charge >= 0.3 is 0 Å². The van der Waals surface area contributed by atoms with E-state index < -0.39 is 0 Å². The highest BCUT2D eigenvalue weighted by Gasteiger charge is 2.17. The number of rotatable bonds is 5. The third-order valence-electron chi connectivity index (χ3n) is 2.37. The number of nitrogens with one attached hydrogen (secondary N) is 1. The second-order valence-corrected chi connectivity index (χ2v) is 3.58. The molecule has 1 rings (SSSR count). The molecule has 88 valence electrons. The average molecular weight is 224 g/mol. The molecule has 0 fully saturated rings. The molecule has 1 heterocycles. The average Bonchev–Trinajstić information content (AvgIpc) is 2.21. The standard InChI is InChI=1S/C10H16N4O2/c1-7-5-13-9(6-12-4-3-11)8(2)10(7)14(15)16/h5,12H,3-4,6,11H2,1-2H3. The van der Waals surface area contributed by atoms with Gasteiger partial charge in [-0.1, -0.05) is 0 Å². The normalized spacial score (nSPS) is 10.4. The summed E-state index contributed by atoms with van der Waals surface area (Å²) in [7, 11) is 0. The van der Waals surface area contributed by atoms with E-state index in [1.54, 1.807) is 13.8 Å². The van der Waals surface area contributed by atoms with E-state index in [1.165, 1.54) is 6.20 Å². The van der Waals surface area contributed by atoms with Crippen molar-refractivity contribution >= 4 is 5.69 Å². The van der Waals surface area contributed by atoms with Gasteiger partial charge in [0.15, 0.2) is 0 Å². The minimum absolute atomic E-state index is 0.152. The van der Waals surface area contributed by atoms with Crippen LogP contribution in [0.15, 0.2) is 6.20 Å². The Hall–Kier alpha value is -1.53. The van der Waals surface area contributed by atoms with Crippen molar-refractivity contribution < 1.29 is 4.92 Å². The molecule has 0 saturated carbocycles. The van der Waals surface area contributed by atoms with Gasteiger partial charge in [0.1, 0.15) is 0 Å². The van der Waals surface area contributed by atoms with E-state index in [-0.39, 0.29) is 10.6 Å². The van der Waals surface area contributed by atoms with E-state index in [1.807, 2.05) is 0 Å². The Morgan fingerprint density at radius 3 is 2.81 bits per heavy atom. The van der Waals surface area contributed by atoms with Crippen molar-refractivity contribution in [3.63, 3.8) is 0 Å². The molecule has 0 amide bonds. The van der Waals surface area contributed by atoms with Crippen LogP contribution < -0.4 is 11.1 Å².